The molecule has 0 spiro atoms. The van der Waals surface area contributed by atoms with Gasteiger partial charge in [-0.1, -0.05) is 41.9 Å². The molecule has 1 aromatic heterocycles. The molecule has 0 aliphatic heterocycles. The van der Waals surface area contributed by atoms with Gasteiger partial charge in [0, 0.05) is 22.0 Å². The van der Waals surface area contributed by atoms with E-state index in [2.05, 4.69) is 5.32 Å². The number of ether oxygens (including phenoxy) is 1. The van der Waals surface area contributed by atoms with Crippen molar-refractivity contribution in [3.05, 3.63) is 101 Å². The van der Waals surface area contributed by atoms with Crippen LogP contribution in [0.5, 0.6) is 5.75 Å². The largest absolute Gasteiger partial charge is 0.497 e. The van der Waals surface area contributed by atoms with Crippen LogP contribution in [-0.4, -0.2) is 18.8 Å². The van der Waals surface area contributed by atoms with Gasteiger partial charge in [0.05, 0.1) is 12.8 Å². The van der Waals surface area contributed by atoms with Gasteiger partial charge in [0.1, 0.15) is 11.3 Å². The van der Waals surface area contributed by atoms with E-state index in [0.717, 1.165) is 0 Å². The molecule has 4 aromatic rings. The Morgan fingerprint density at radius 1 is 0.968 bits per heavy atom. The van der Waals surface area contributed by atoms with Crippen LogP contribution < -0.4 is 10.1 Å². The molecule has 0 aliphatic carbocycles. The van der Waals surface area contributed by atoms with E-state index in [1.54, 1.807) is 67.8 Å². The molecule has 0 aliphatic rings. The Bertz CT molecular complexity index is 1290. The Hall–Kier alpha value is -3.83. The van der Waals surface area contributed by atoms with Gasteiger partial charge in [0.25, 0.3) is 0 Å². The minimum atomic E-state index is -0.407. The molecule has 0 unspecified atom stereocenters. The second-order valence-electron chi connectivity index (χ2n) is 6.70. The van der Waals surface area contributed by atoms with Crippen LogP contribution in [0.2, 0.25) is 5.02 Å². The van der Waals surface area contributed by atoms with Gasteiger partial charge in [-0.15, -0.1) is 0 Å². The SMILES string of the molecule is COc1ccc(C(=O)c2oc3ccccc3c2NC(=O)C=Cc2ccccc2Cl)cc1. The van der Waals surface area contributed by atoms with E-state index in [1.807, 2.05) is 18.2 Å². The van der Waals surface area contributed by atoms with E-state index in [4.69, 9.17) is 20.8 Å². The maximum atomic E-state index is 13.1. The van der Waals surface area contributed by atoms with Crippen LogP contribution >= 0.6 is 11.6 Å². The predicted molar refractivity (Wildman–Crippen MR) is 122 cm³/mol. The second-order valence-corrected chi connectivity index (χ2v) is 7.11. The Kier molecular flexibility index (Phi) is 5.87. The summed E-state index contributed by atoms with van der Waals surface area (Å²) in [6.07, 6.45) is 2.98. The number of methoxy groups -OCH3 is 1. The first-order valence-electron chi connectivity index (χ1n) is 9.50. The molecular formula is C25H18ClNO4. The molecule has 6 heteroatoms. The number of furan rings is 1. The summed E-state index contributed by atoms with van der Waals surface area (Å²) in [6, 6.07) is 21.0. The van der Waals surface area contributed by atoms with Gasteiger partial charge in [-0.05, 0) is 54.1 Å². The third kappa shape index (κ3) is 4.37. The van der Waals surface area contributed by atoms with Crippen molar-refractivity contribution in [1.82, 2.24) is 0 Å². The van der Waals surface area contributed by atoms with Crippen LogP contribution in [0, 0.1) is 0 Å². The first kappa shape index (κ1) is 20.4. The molecule has 3 aromatic carbocycles. The summed E-state index contributed by atoms with van der Waals surface area (Å²) in [5.41, 5.74) is 1.96. The first-order valence-corrected chi connectivity index (χ1v) is 9.88. The second kappa shape index (κ2) is 8.90. The van der Waals surface area contributed by atoms with Crippen LogP contribution in [0.1, 0.15) is 21.7 Å². The van der Waals surface area contributed by atoms with Crippen molar-refractivity contribution < 1.29 is 18.7 Å². The van der Waals surface area contributed by atoms with E-state index < -0.39 is 5.91 Å². The fourth-order valence-corrected chi connectivity index (χ4v) is 3.34. The summed E-state index contributed by atoms with van der Waals surface area (Å²) in [5, 5.41) is 3.96. The number of amides is 1. The number of hydrogen-bond acceptors (Lipinski definition) is 4. The number of carbonyl (C=O) groups is 2. The van der Waals surface area contributed by atoms with Crippen molar-refractivity contribution in [3.8, 4) is 5.75 Å². The number of hydrogen-bond donors (Lipinski definition) is 1. The van der Waals surface area contributed by atoms with Gasteiger partial charge in [0.15, 0.2) is 5.76 Å². The molecule has 0 radical (unpaired) electrons. The molecule has 4 rings (SSSR count). The fourth-order valence-electron chi connectivity index (χ4n) is 3.14. The summed E-state index contributed by atoms with van der Waals surface area (Å²) in [5.74, 6) is -0.0512. The highest BCUT2D eigenvalue weighted by Gasteiger charge is 2.23. The summed E-state index contributed by atoms with van der Waals surface area (Å²) in [6.45, 7) is 0. The predicted octanol–water partition coefficient (Wildman–Crippen LogP) is 5.98. The Labute approximate surface area is 183 Å². The zero-order valence-corrected chi connectivity index (χ0v) is 17.3. The third-order valence-electron chi connectivity index (χ3n) is 4.72. The minimum absolute atomic E-state index is 0.0610. The molecule has 1 heterocycles. The van der Waals surface area contributed by atoms with Crippen LogP contribution in [0.15, 0.2) is 83.3 Å². The Morgan fingerprint density at radius 3 is 2.42 bits per heavy atom. The lowest BCUT2D eigenvalue weighted by Gasteiger charge is -2.05. The summed E-state index contributed by atoms with van der Waals surface area (Å²) >= 11 is 6.13. The van der Waals surface area contributed by atoms with Crippen molar-refractivity contribution in [2.24, 2.45) is 0 Å². The van der Waals surface area contributed by atoms with E-state index in [9.17, 15) is 9.59 Å². The van der Waals surface area contributed by atoms with Crippen LogP contribution in [0.25, 0.3) is 17.0 Å². The lowest BCUT2D eigenvalue weighted by molar-refractivity contribution is -0.111. The van der Waals surface area contributed by atoms with E-state index in [1.165, 1.54) is 6.08 Å². The summed E-state index contributed by atoms with van der Waals surface area (Å²) in [4.78, 5) is 25.7. The number of nitrogens with one attached hydrogen (secondary N) is 1. The lowest BCUT2D eigenvalue weighted by Crippen LogP contribution is -2.11. The average Bonchev–Trinajstić information content (AvgIpc) is 3.16. The number of benzene rings is 3. The molecule has 154 valence electrons. The zero-order valence-electron chi connectivity index (χ0n) is 16.6. The number of carbonyl (C=O) groups excluding carboxylic acids is 2. The van der Waals surface area contributed by atoms with E-state index in [-0.39, 0.29) is 11.5 Å². The van der Waals surface area contributed by atoms with Crippen LogP contribution in [-0.2, 0) is 4.79 Å². The highest BCUT2D eigenvalue weighted by Crippen LogP contribution is 2.33. The Balaban J connectivity index is 1.67. The van der Waals surface area contributed by atoms with Gasteiger partial charge < -0.3 is 14.5 Å². The standard InChI is InChI=1S/C25H18ClNO4/c1-30-18-13-10-17(11-14-18)24(29)25-23(19-7-3-5-9-21(19)31-25)27-22(28)15-12-16-6-2-4-8-20(16)26/h2-15H,1H3,(H,27,28). The molecule has 5 nitrogen and oxygen atoms in total. The fraction of sp³-hybridized carbons (Fsp3) is 0.0400. The normalized spacial score (nSPS) is 11.0. The minimum Gasteiger partial charge on any atom is -0.497 e. The van der Waals surface area contributed by atoms with Gasteiger partial charge in [0.2, 0.25) is 11.7 Å². The number of fused-ring (bicyclic) bond motifs is 1. The Morgan fingerprint density at radius 2 is 1.68 bits per heavy atom. The molecule has 1 N–H and O–H groups in total. The van der Waals surface area contributed by atoms with Crippen molar-refractivity contribution in [2.75, 3.05) is 12.4 Å². The molecule has 1 amide bonds. The van der Waals surface area contributed by atoms with Crippen LogP contribution in [0.4, 0.5) is 5.69 Å². The summed E-state index contributed by atoms with van der Waals surface area (Å²) < 4.78 is 11.0. The van der Waals surface area contributed by atoms with Gasteiger partial charge >= 0.3 is 0 Å². The first-order chi connectivity index (χ1) is 15.1. The van der Waals surface area contributed by atoms with Gasteiger partial charge in [-0.3, -0.25) is 9.59 Å². The monoisotopic (exact) mass is 431 g/mol. The van der Waals surface area contributed by atoms with Crippen molar-refractivity contribution >= 4 is 46.0 Å². The molecule has 0 saturated heterocycles. The number of rotatable bonds is 6. The topological polar surface area (TPSA) is 68.5 Å². The van der Waals surface area contributed by atoms with E-state index in [0.29, 0.717) is 38.6 Å². The molecule has 0 atom stereocenters. The molecule has 0 bridgehead atoms. The van der Waals surface area contributed by atoms with Crippen molar-refractivity contribution in [2.45, 2.75) is 0 Å². The lowest BCUT2D eigenvalue weighted by atomic mass is 10.1. The quantitative estimate of drug-likeness (QED) is 0.301. The number of anilines is 1. The highest BCUT2D eigenvalue weighted by molar-refractivity contribution is 6.32. The van der Waals surface area contributed by atoms with Gasteiger partial charge in [-0.25, -0.2) is 0 Å². The number of para-hydroxylation sites is 1. The molecule has 0 fully saturated rings. The maximum absolute atomic E-state index is 13.1. The number of halogens is 1. The third-order valence-corrected chi connectivity index (χ3v) is 5.07. The zero-order chi connectivity index (χ0) is 21.8. The van der Waals surface area contributed by atoms with Gasteiger partial charge in [-0.2, -0.15) is 0 Å². The molecular weight excluding hydrogens is 414 g/mol. The average molecular weight is 432 g/mol. The molecule has 0 saturated carbocycles. The smallest absolute Gasteiger partial charge is 0.248 e. The van der Waals surface area contributed by atoms with Crippen molar-refractivity contribution in [3.63, 3.8) is 0 Å². The summed E-state index contributed by atoms with van der Waals surface area (Å²) in [7, 11) is 1.56. The maximum Gasteiger partial charge on any atom is 0.248 e. The number of ketones is 1. The van der Waals surface area contributed by atoms with E-state index >= 15 is 0 Å². The highest BCUT2D eigenvalue weighted by atomic mass is 35.5. The van der Waals surface area contributed by atoms with Crippen molar-refractivity contribution in [1.29, 1.82) is 0 Å². The van der Waals surface area contributed by atoms with Crippen LogP contribution in [0.3, 0.4) is 0 Å². The molecule has 31 heavy (non-hydrogen) atoms.